The third kappa shape index (κ3) is 5.68. The molecule has 0 saturated carbocycles. The van der Waals surface area contributed by atoms with Crippen molar-refractivity contribution in [3.05, 3.63) is 65.7 Å². The maximum atomic E-state index is 12.7. The van der Waals surface area contributed by atoms with Gasteiger partial charge in [0, 0.05) is 6.04 Å². The van der Waals surface area contributed by atoms with Crippen LogP contribution in [0.4, 0.5) is 0 Å². The highest BCUT2D eigenvalue weighted by Crippen LogP contribution is 2.17. The van der Waals surface area contributed by atoms with Crippen molar-refractivity contribution in [3.8, 4) is 0 Å². The predicted octanol–water partition coefficient (Wildman–Crippen LogP) is 3.08. The summed E-state index contributed by atoms with van der Waals surface area (Å²) in [5.41, 5.74) is 1.99. The summed E-state index contributed by atoms with van der Waals surface area (Å²) >= 11 is 0. The highest BCUT2D eigenvalue weighted by atomic mass is 32.2. The molecule has 0 aliphatic heterocycles. The van der Waals surface area contributed by atoms with Crippen molar-refractivity contribution in [1.29, 1.82) is 0 Å². The molecule has 0 spiro atoms. The van der Waals surface area contributed by atoms with E-state index in [-0.39, 0.29) is 10.9 Å². The van der Waals surface area contributed by atoms with Gasteiger partial charge in [-0.15, -0.1) is 0 Å². The van der Waals surface area contributed by atoms with Crippen LogP contribution in [-0.4, -0.2) is 27.5 Å². The lowest BCUT2D eigenvalue weighted by molar-refractivity contribution is -0.145. The number of methoxy groups -OCH3 is 1. The highest BCUT2D eigenvalue weighted by Gasteiger charge is 2.25. The molecule has 0 saturated heterocycles. The smallest absolute Gasteiger partial charge is 0.308 e. The first-order valence-corrected chi connectivity index (χ1v) is 10.0. The first kappa shape index (κ1) is 20.1. The van der Waals surface area contributed by atoms with Crippen LogP contribution in [0, 0.1) is 12.8 Å². The standard InChI is InChI=1S/C20H25NO4S/c1-15-9-11-19(12-10-15)26(23,24)21-18(13-16(2)20(22)25-3)14-17-7-5-4-6-8-17/h4-12,16,18,21H,13-14H2,1-3H3/t16-,18-/m0/s1. The summed E-state index contributed by atoms with van der Waals surface area (Å²) in [6.07, 6.45) is 0.847. The van der Waals surface area contributed by atoms with Crippen molar-refractivity contribution in [2.45, 2.75) is 37.6 Å². The first-order valence-electron chi connectivity index (χ1n) is 8.52. The molecular formula is C20H25NO4S. The zero-order chi connectivity index (χ0) is 19.2. The van der Waals surface area contributed by atoms with Gasteiger partial charge in [-0.25, -0.2) is 13.1 Å². The molecule has 5 nitrogen and oxygen atoms in total. The zero-order valence-corrected chi connectivity index (χ0v) is 16.1. The molecule has 26 heavy (non-hydrogen) atoms. The van der Waals surface area contributed by atoms with Crippen molar-refractivity contribution < 1.29 is 17.9 Å². The second kappa shape index (κ2) is 8.96. The Kier molecular flexibility index (Phi) is 6.94. The Morgan fingerprint density at radius 2 is 1.69 bits per heavy atom. The fraction of sp³-hybridized carbons (Fsp3) is 0.350. The van der Waals surface area contributed by atoms with Crippen molar-refractivity contribution in [2.24, 2.45) is 5.92 Å². The van der Waals surface area contributed by atoms with Crippen LogP contribution in [0.25, 0.3) is 0 Å². The Labute approximate surface area is 155 Å². The van der Waals surface area contributed by atoms with Gasteiger partial charge in [-0.3, -0.25) is 4.79 Å². The van der Waals surface area contributed by atoms with Gasteiger partial charge in [-0.05, 0) is 37.5 Å². The van der Waals surface area contributed by atoms with Crippen LogP contribution in [0.1, 0.15) is 24.5 Å². The van der Waals surface area contributed by atoms with E-state index >= 15 is 0 Å². The molecule has 140 valence electrons. The van der Waals surface area contributed by atoms with Crippen molar-refractivity contribution in [1.82, 2.24) is 4.72 Å². The minimum Gasteiger partial charge on any atom is -0.469 e. The molecule has 2 aromatic carbocycles. The third-order valence-electron chi connectivity index (χ3n) is 4.22. The summed E-state index contributed by atoms with van der Waals surface area (Å²) in [5.74, 6) is -0.757. The van der Waals surface area contributed by atoms with E-state index in [1.54, 1.807) is 31.2 Å². The van der Waals surface area contributed by atoms with E-state index in [4.69, 9.17) is 4.74 Å². The van der Waals surface area contributed by atoms with Crippen LogP contribution >= 0.6 is 0 Å². The molecule has 0 aliphatic carbocycles. The molecule has 0 fully saturated rings. The topological polar surface area (TPSA) is 72.5 Å². The number of hydrogen-bond acceptors (Lipinski definition) is 4. The normalized spacial score (nSPS) is 13.8. The van der Waals surface area contributed by atoms with Gasteiger partial charge in [-0.1, -0.05) is 55.0 Å². The van der Waals surface area contributed by atoms with Crippen LogP contribution in [0.15, 0.2) is 59.5 Å². The van der Waals surface area contributed by atoms with Gasteiger partial charge < -0.3 is 4.74 Å². The van der Waals surface area contributed by atoms with Crippen molar-refractivity contribution >= 4 is 16.0 Å². The molecule has 0 amide bonds. The van der Waals surface area contributed by atoms with Crippen LogP contribution in [-0.2, 0) is 26.0 Å². The Balaban J connectivity index is 2.21. The summed E-state index contributed by atoms with van der Waals surface area (Å²) in [4.78, 5) is 12.0. The summed E-state index contributed by atoms with van der Waals surface area (Å²) < 4.78 is 33.0. The van der Waals surface area contributed by atoms with Gasteiger partial charge >= 0.3 is 5.97 Å². The minimum atomic E-state index is -3.68. The Bertz CT molecular complexity index is 817. The van der Waals surface area contributed by atoms with E-state index in [0.29, 0.717) is 12.8 Å². The first-order chi connectivity index (χ1) is 12.3. The average molecular weight is 375 g/mol. The van der Waals surface area contributed by atoms with E-state index in [1.807, 2.05) is 37.3 Å². The number of carbonyl (C=O) groups excluding carboxylic acids is 1. The second-order valence-electron chi connectivity index (χ2n) is 6.48. The lowest BCUT2D eigenvalue weighted by Gasteiger charge is -2.21. The molecule has 0 heterocycles. The fourth-order valence-corrected chi connectivity index (χ4v) is 4.05. The maximum absolute atomic E-state index is 12.7. The van der Waals surface area contributed by atoms with Crippen LogP contribution in [0.3, 0.4) is 0 Å². The zero-order valence-electron chi connectivity index (χ0n) is 15.3. The van der Waals surface area contributed by atoms with Crippen LogP contribution < -0.4 is 4.72 Å². The van der Waals surface area contributed by atoms with Crippen molar-refractivity contribution in [3.63, 3.8) is 0 Å². The number of ether oxygens (including phenoxy) is 1. The predicted molar refractivity (Wildman–Crippen MR) is 101 cm³/mol. The lowest BCUT2D eigenvalue weighted by atomic mass is 9.97. The van der Waals surface area contributed by atoms with Gasteiger partial charge in [0.15, 0.2) is 0 Å². The van der Waals surface area contributed by atoms with Crippen LogP contribution in [0.5, 0.6) is 0 Å². The van der Waals surface area contributed by atoms with E-state index < -0.39 is 22.0 Å². The maximum Gasteiger partial charge on any atom is 0.308 e. The van der Waals surface area contributed by atoms with Crippen LogP contribution in [0.2, 0.25) is 0 Å². The molecular weight excluding hydrogens is 350 g/mol. The van der Waals surface area contributed by atoms with E-state index in [1.165, 1.54) is 7.11 Å². The molecule has 0 radical (unpaired) electrons. The molecule has 1 N–H and O–H groups in total. The largest absolute Gasteiger partial charge is 0.469 e. The number of benzene rings is 2. The number of nitrogens with one attached hydrogen (secondary N) is 1. The minimum absolute atomic E-state index is 0.215. The Morgan fingerprint density at radius 3 is 2.27 bits per heavy atom. The number of sulfonamides is 1. The van der Waals surface area contributed by atoms with Gasteiger partial charge in [0.1, 0.15) is 0 Å². The fourth-order valence-electron chi connectivity index (χ4n) is 2.80. The number of esters is 1. The molecule has 0 aliphatic rings. The quantitative estimate of drug-likeness (QED) is 0.720. The molecule has 6 heteroatoms. The average Bonchev–Trinajstić information content (AvgIpc) is 2.61. The molecule has 0 unspecified atom stereocenters. The van der Waals surface area contributed by atoms with E-state index in [9.17, 15) is 13.2 Å². The summed E-state index contributed by atoms with van der Waals surface area (Å²) in [6.45, 7) is 3.64. The van der Waals surface area contributed by atoms with Crippen molar-refractivity contribution in [2.75, 3.05) is 7.11 Å². The third-order valence-corrected chi connectivity index (χ3v) is 5.76. The molecule has 2 aromatic rings. The van der Waals surface area contributed by atoms with Gasteiger partial charge in [0.05, 0.1) is 17.9 Å². The second-order valence-corrected chi connectivity index (χ2v) is 8.19. The molecule has 2 rings (SSSR count). The summed E-state index contributed by atoms with van der Waals surface area (Å²) in [6, 6.07) is 15.9. The van der Waals surface area contributed by atoms with Gasteiger partial charge in [-0.2, -0.15) is 0 Å². The summed E-state index contributed by atoms with van der Waals surface area (Å²) in [5, 5.41) is 0. The number of hydrogen-bond donors (Lipinski definition) is 1. The lowest BCUT2D eigenvalue weighted by Crippen LogP contribution is -2.38. The van der Waals surface area contributed by atoms with Gasteiger partial charge in [0.25, 0.3) is 0 Å². The number of aryl methyl sites for hydroxylation is 1. The number of carbonyl (C=O) groups is 1. The van der Waals surface area contributed by atoms with Gasteiger partial charge in [0.2, 0.25) is 10.0 Å². The number of rotatable bonds is 8. The molecule has 0 bridgehead atoms. The Morgan fingerprint density at radius 1 is 1.08 bits per heavy atom. The highest BCUT2D eigenvalue weighted by molar-refractivity contribution is 7.89. The van der Waals surface area contributed by atoms with E-state index in [0.717, 1.165) is 11.1 Å². The monoisotopic (exact) mass is 375 g/mol. The Hall–Kier alpha value is -2.18. The molecule has 2 atom stereocenters. The summed E-state index contributed by atoms with van der Waals surface area (Å²) in [7, 11) is -2.34. The SMILES string of the molecule is COC(=O)[C@@H](C)C[C@@H](Cc1ccccc1)NS(=O)(=O)c1ccc(C)cc1. The van der Waals surface area contributed by atoms with E-state index in [2.05, 4.69) is 4.72 Å². The molecule has 0 aromatic heterocycles.